The van der Waals surface area contributed by atoms with Crippen LogP contribution in [0.25, 0.3) is 0 Å². The molecule has 0 aliphatic heterocycles. The topological polar surface area (TPSA) is 58.6 Å². The summed E-state index contributed by atoms with van der Waals surface area (Å²) in [5.41, 5.74) is -0.670. The molecule has 0 aromatic rings. The molecule has 1 rings (SSSR count). The van der Waals surface area contributed by atoms with Crippen molar-refractivity contribution >= 4 is 6.09 Å². The zero-order valence-electron chi connectivity index (χ0n) is 8.88. The minimum Gasteiger partial charge on any atom is -0.449 e. The molecule has 1 aliphatic carbocycles. The summed E-state index contributed by atoms with van der Waals surface area (Å²) >= 11 is 0. The second-order valence-corrected chi connectivity index (χ2v) is 4.42. The molecule has 0 aromatic carbocycles. The van der Waals surface area contributed by atoms with Crippen LogP contribution < -0.4 is 5.32 Å². The van der Waals surface area contributed by atoms with E-state index in [2.05, 4.69) is 5.32 Å². The van der Waals surface area contributed by atoms with E-state index in [1.165, 1.54) is 0 Å². The summed E-state index contributed by atoms with van der Waals surface area (Å²) in [6.07, 6.45) is 2.16. The maximum atomic E-state index is 11.1. The number of hydrogen-bond acceptors (Lipinski definition) is 3. The normalized spacial score (nSPS) is 18.9. The van der Waals surface area contributed by atoms with Crippen molar-refractivity contribution in [1.82, 2.24) is 5.32 Å². The lowest BCUT2D eigenvalue weighted by Crippen LogP contribution is -2.48. The Labute approximate surface area is 84.6 Å². The first kappa shape index (κ1) is 11.3. The average Bonchev–Trinajstić information content (AvgIpc) is 2.08. The van der Waals surface area contributed by atoms with Gasteiger partial charge in [0.15, 0.2) is 0 Å². The fourth-order valence-electron chi connectivity index (χ4n) is 1.29. The van der Waals surface area contributed by atoms with E-state index in [9.17, 15) is 9.90 Å². The summed E-state index contributed by atoms with van der Waals surface area (Å²) in [5, 5.41) is 12.2. The van der Waals surface area contributed by atoms with E-state index >= 15 is 0 Å². The lowest BCUT2D eigenvalue weighted by molar-refractivity contribution is -0.0311. The van der Waals surface area contributed by atoms with Gasteiger partial charge in [-0.3, -0.25) is 0 Å². The first-order valence-electron chi connectivity index (χ1n) is 5.15. The smallest absolute Gasteiger partial charge is 0.407 e. The molecular formula is C10H19NO3. The van der Waals surface area contributed by atoms with Gasteiger partial charge in [-0.1, -0.05) is 13.8 Å². The minimum atomic E-state index is -0.670. The molecular weight excluding hydrogens is 182 g/mol. The SMILES string of the molecule is CC(C)COC(=O)NCC1(O)CCC1. The van der Waals surface area contributed by atoms with Crippen LogP contribution in [0.2, 0.25) is 0 Å². The summed E-state index contributed by atoms with van der Waals surface area (Å²) < 4.78 is 4.91. The fraction of sp³-hybridized carbons (Fsp3) is 0.900. The van der Waals surface area contributed by atoms with Gasteiger partial charge in [0.25, 0.3) is 0 Å². The largest absolute Gasteiger partial charge is 0.449 e. The highest BCUT2D eigenvalue weighted by atomic mass is 16.5. The van der Waals surface area contributed by atoms with Crippen LogP contribution in [0, 0.1) is 5.92 Å². The van der Waals surface area contributed by atoms with Crippen molar-refractivity contribution in [3.05, 3.63) is 0 Å². The van der Waals surface area contributed by atoms with E-state index in [4.69, 9.17) is 4.74 Å². The molecule has 0 saturated heterocycles. The monoisotopic (exact) mass is 201 g/mol. The number of amides is 1. The zero-order valence-corrected chi connectivity index (χ0v) is 8.88. The summed E-state index contributed by atoms with van der Waals surface area (Å²) in [7, 11) is 0. The van der Waals surface area contributed by atoms with Gasteiger partial charge in [-0.05, 0) is 25.2 Å². The van der Waals surface area contributed by atoms with Gasteiger partial charge >= 0.3 is 6.09 Å². The van der Waals surface area contributed by atoms with Crippen molar-refractivity contribution in [2.75, 3.05) is 13.2 Å². The summed E-state index contributed by atoms with van der Waals surface area (Å²) in [6, 6.07) is 0. The van der Waals surface area contributed by atoms with Crippen LogP contribution in [0.3, 0.4) is 0 Å². The Balaban J connectivity index is 2.08. The molecule has 4 nitrogen and oxygen atoms in total. The summed E-state index contributed by atoms with van der Waals surface area (Å²) in [6.45, 7) is 4.69. The minimum absolute atomic E-state index is 0.309. The maximum absolute atomic E-state index is 11.1. The van der Waals surface area contributed by atoms with Crippen molar-refractivity contribution in [3.63, 3.8) is 0 Å². The first-order valence-corrected chi connectivity index (χ1v) is 5.15. The number of carbonyl (C=O) groups is 1. The number of carbonyl (C=O) groups excluding carboxylic acids is 1. The van der Waals surface area contributed by atoms with Crippen molar-refractivity contribution in [2.45, 2.75) is 38.7 Å². The average molecular weight is 201 g/mol. The van der Waals surface area contributed by atoms with Crippen molar-refractivity contribution in [1.29, 1.82) is 0 Å². The van der Waals surface area contributed by atoms with E-state index in [-0.39, 0.29) is 0 Å². The predicted octanol–water partition coefficient (Wildman–Crippen LogP) is 1.28. The van der Waals surface area contributed by atoms with Gasteiger partial charge < -0.3 is 15.2 Å². The molecule has 1 aliphatic rings. The zero-order chi connectivity index (χ0) is 10.6. The molecule has 4 heteroatoms. The Kier molecular flexibility index (Phi) is 3.75. The highest BCUT2D eigenvalue weighted by molar-refractivity contribution is 5.67. The van der Waals surface area contributed by atoms with E-state index in [0.717, 1.165) is 19.3 Å². The van der Waals surface area contributed by atoms with Crippen molar-refractivity contribution in [3.8, 4) is 0 Å². The lowest BCUT2D eigenvalue weighted by atomic mass is 9.80. The van der Waals surface area contributed by atoms with Crippen LogP contribution in [0.1, 0.15) is 33.1 Å². The molecule has 0 bridgehead atoms. The van der Waals surface area contributed by atoms with Crippen LogP contribution in [0.15, 0.2) is 0 Å². The number of rotatable bonds is 4. The molecule has 0 unspecified atom stereocenters. The number of nitrogens with one attached hydrogen (secondary N) is 1. The van der Waals surface area contributed by atoms with Gasteiger partial charge in [0.2, 0.25) is 0 Å². The summed E-state index contributed by atoms with van der Waals surface area (Å²) in [4.78, 5) is 11.1. The van der Waals surface area contributed by atoms with Gasteiger partial charge in [-0.25, -0.2) is 4.79 Å². The van der Waals surface area contributed by atoms with E-state index in [0.29, 0.717) is 19.1 Å². The van der Waals surface area contributed by atoms with Crippen molar-refractivity contribution < 1.29 is 14.6 Å². The second kappa shape index (κ2) is 4.64. The molecule has 2 N–H and O–H groups in total. The van der Waals surface area contributed by atoms with Gasteiger partial charge in [0.05, 0.1) is 12.2 Å². The van der Waals surface area contributed by atoms with Crippen LogP contribution in [0.4, 0.5) is 4.79 Å². The molecule has 0 aromatic heterocycles. The molecule has 1 amide bonds. The van der Waals surface area contributed by atoms with Gasteiger partial charge in [0.1, 0.15) is 0 Å². The third kappa shape index (κ3) is 3.54. The molecule has 0 radical (unpaired) electrons. The van der Waals surface area contributed by atoms with E-state index < -0.39 is 11.7 Å². The number of alkyl carbamates (subject to hydrolysis) is 1. The Morgan fingerprint density at radius 2 is 2.21 bits per heavy atom. The standard InChI is InChI=1S/C10H19NO3/c1-8(2)6-14-9(12)11-7-10(13)4-3-5-10/h8,13H,3-7H2,1-2H3,(H,11,12). The Morgan fingerprint density at radius 1 is 1.57 bits per heavy atom. The number of ether oxygens (including phenoxy) is 1. The van der Waals surface area contributed by atoms with Gasteiger partial charge in [0, 0.05) is 6.54 Å². The third-order valence-corrected chi connectivity index (χ3v) is 2.39. The van der Waals surface area contributed by atoms with Crippen LogP contribution in [-0.4, -0.2) is 30.0 Å². The highest BCUT2D eigenvalue weighted by Gasteiger charge is 2.34. The number of hydrogen-bond donors (Lipinski definition) is 2. The Bertz CT molecular complexity index is 200. The molecule has 0 atom stereocenters. The molecule has 1 saturated carbocycles. The van der Waals surface area contributed by atoms with Crippen LogP contribution in [-0.2, 0) is 4.74 Å². The maximum Gasteiger partial charge on any atom is 0.407 e. The Morgan fingerprint density at radius 3 is 2.64 bits per heavy atom. The summed E-state index contributed by atoms with van der Waals surface area (Å²) in [5.74, 6) is 0.340. The fourth-order valence-corrected chi connectivity index (χ4v) is 1.29. The first-order chi connectivity index (χ1) is 6.52. The predicted molar refractivity (Wildman–Crippen MR) is 53.0 cm³/mol. The molecule has 82 valence electrons. The van der Waals surface area contributed by atoms with Crippen LogP contribution in [0.5, 0.6) is 0 Å². The molecule has 14 heavy (non-hydrogen) atoms. The molecule has 1 fully saturated rings. The van der Waals surface area contributed by atoms with Crippen molar-refractivity contribution in [2.24, 2.45) is 5.92 Å². The van der Waals surface area contributed by atoms with Crippen LogP contribution >= 0.6 is 0 Å². The third-order valence-electron chi connectivity index (χ3n) is 2.39. The number of aliphatic hydroxyl groups is 1. The highest BCUT2D eigenvalue weighted by Crippen LogP contribution is 2.30. The van der Waals surface area contributed by atoms with Gasteiger partial charge in [-0.2, -0.15) is 0 Å². The van der Waals surface area contributed by atoms with Gasteiger partial charge in [-0.15, -0.1) is 0 Å². The lowest BCUT2D eigenvalue weighted by Gasteiger charge is -2.36. The van der Waals surface area contributed by atoms with E-state index in [1.807, 2.05) is 13.8 Å². The Hall–Kier alpha value is -0.770. The molecule has 0 spiro atoms. The van der Waals surface area contributed by atoms with E-state index in [1.54, 1.807) is 0 Å². The molecule has 0 heterocycles. The quantitative estimate of drug-likeness (QED) is 0.720. The second-order valence-electron chi connectivity index (χ2n) is 4.42.